The summed E-state index contributed by atoms with van der Waals surface area (Å²) in [6.07, 6.45) is 0. The van der Waals surface area contributed by atoms with E-state index < -0.39 is 10.1 Å². The molecule has 2 N–H and O–H groups in total. The van der Waals surface area contributed by atoms with Crippen LogP contribution in [0.2, 0.25) is 0 Å². The van der Waals surface area contributed by atoms with Crippen molar-refractivity contribution in [3.05, 3.63) is 35.2 Å². The minimum absolute atomic E-state index is 0. The molecule has 0 atom stereocenters. The Morgan fingerprint density at radius 3 is 2.63 bits per heavy atom. The quantitative estimate of drug-likeness (QED) is 0.376. The van der Waals surface area contributed by atoms with Gasteiger partial charge in [-0.25, -0.2) is 0 Å². The van der Waals surface area contributed by atoms with Gasteiger partial charge < -0.3 is 10.8 Å². The van der Waals surface area contributed by atoms with Gasteiger partial charge in [-0.1, -0.05) is 6.07 Å². The number of aromatic nitrogens is 1. The number of benzene rings is 2. The number of nitrogens with one attached hydrogen (secondary N) is 1. The topological polar surface area (TPSA) is 83.3 Å². The maximum Gasteiger partial charge on any atom is 1.00 e. The molecule has 0 saturated carbocycles. The molecule has 1 aromatic heterocycles. The zero-order valence-electron chi connectivity index (χ0n) is 10.9. The summed E-state index contributed by atoms with van der Waals surface area (Å²) in [4.78, 5) is 2.99. The number of hydrogen-bond acceptors (Lipinski definition) is 4. The van der Waals surface area contributed by atoms with Gasteiger partial charge in [0.2, 0.25) is 0 Å². The molecule has 0 aliphatic carbocycles. The molecule has 0 saturated heterocycles. The zero-order chi connectivity index (χ0) is 12.9. The van der Waals surface area contributed by atoms with Crippen molar-refractivity contribution < 1.29 is 48.4 Å². The summed E-state index contributed by atoms with van der Waals surface area (Å²) in [5.74, 6) is 0. The van der Waals surface area contributed by atoms with Gasteiger partial charge in [0.05, 0.1) is 10.4 Å². The molecule has 3 aromatic rings. The first-order chi connectivity index (χ1) is 8.43. The fraction of sp³-hybridized carbons (Fsp3) is 0. The third-order valence-electron chi connectivity index (χ3n) is 2.65. The van der Waals surface area contributed by atoms with E-state index in [1.807, 2.05) is 0 Å². The smallest absolute Gasteiger partial charge is 1.00 e. The number of hydrogen-bond donors (Lipinski definition) is 2. The minimum Gasteiger partial charge on any atom is -1.00 e. The Labute approximate surface area is 137 Å². The monoisotopic (exact) mass is 305 g/mol. The Morgan fingerprint density at radius 2 is 1.95 bits per heavy atom. The average molecular weight is 305 g/mol. The number of aromatic amines is 1. The summed E-state index contributed by atoms with van der Waals surface area (Å²) in [5, 5.41) is 1.47. The van der Waals surface area contributed by atoms with Crippen molar-refractivity contribution in [3.8, 4) is 0 Å². The molecule has 3 rings (SSSR count). The summed E-state index contributed by atoms with van der Waals surface area (Å²) in [5.41, 5.74) is 1.28. The second kappa shape index (κ2) is 5.01. The van der Waals surface area contributed by atoms with Crippen molar-refractivity contribution in [2.45, 2.75) is 4.90 Å². The van der Waals surface area contributed by atoms with Crippen LogP contribution < -0.4 is 29.6 Å². The minimum atomic E-state index is -4.20. The Bertz CT molecular complexity index is 932. The maximum atomic E-state index is 11.1. The van der Waals surface area contributed by atoms with E-state index >= 15 is 0 Å². The third-order valence-corrected chi connectivity index (χ3v) is 3.68. The SMILES string of the molecule is O=S(=O)(O)c1ccc2cc3[nH]c(=S)oc3cc2c1.[H-].[Na+]. The molecule has 0 aliphatic heterocycles. The molecule has 5 nitrogen and oxygen atoms in total. The Hall–Kier alpha value is -0.700. The van der Waals surface area contributed by atoms with Gasteiger partial charge in [-0.05, 0) is 47.3 Å². The normalized spacial score (nSPS) is 11.6. The summed E-state index contributed by atoms with van der Waals surface area (Å²) in [7, 11) is -4.20. The van der Waals surface area contributed by atoms with E-state index in [2.05, 4.69) is 4.98 Å². The van der Waals surface area contributed by atoms with E-state index in [9.17, 15) is 8.42 Å². The van der Waals surface area contributed by atoms with Gasteiger partial charge in [-0.15, -0.1) is 0 Å². The first-order valence-corrected chi connectivity index (χ1v) is 6.82. The van der Waals surface area contributed by atoms with E-state index in [1.54, 1.807) is 18.2 Å². The van der Waals surface area contributed by atoms with Gasteiger partial charge in [0, 0.05) is 0 Å². The molecule has 19 heavy (non-hydrogen) atoms. The Balaban J connectivity index is 0.000001000. The molecule has 0 bridgehead atoms. The molecule has 0 amide bonds. The van der Waals surface area contributed by atoms with Gasteiger partial charge in [0.1, 0.15) is 0 Å². The summed E-state index contributed by atoms with van der Waals surface area (Å²) >= 11 is 4.88. The molecule has 0 radical (unpaired) electrons. The Kier molecular flexibility index (Phi) is 3.87. The maximum absolute atomic E-state index is 11.1. The first kappa shape index (κ1) is 14.7. The van der Waals surface area contributed by atoms with Crippen LogP contribution in [0.1, 0.15) is 1.43 Å². The van der Waals surface area contributed by atoms with Gasteiger partial charge in [-0.3, -0.25) is 4.55 Å². The van der Waals surface area contributed by atoms with Crippen LogP contribution in [-0.2, 0) is 10.1 Å². The van der Waals surface area contributed by atoms with E-state index in [1.165, 1.54) is 12.1 Å². The number of rotatable bonds is 1. The predicted octanol–water partition coefficient (Wildman–Crippen LogP) is 0.00679. The van der Waals surface area contributed by atoms with Crippen molar-refractivity contribution in [1.82, 2.24) is 4.98 Å². The summed E-state index contributed by atoms with van der Waals surface area (Å²) in [6.45, 7) is 0. The van der Waals surface area contributed by atoms with Crippen LogP contribution in [0.5, 0.6) is 0 Å². The average Bonchev–Trinajstić information content (AvgIpc) is 2.62. The van der Waals surface area contributed by atoms with Crippen LogP contribution in [0.25, 0.3) is 21.9 Å². The van der Waals surface area contributed by atoms with E-state index in [4.69, 9.17) is 21.2 Å². The number of oxazole rings is 1. The molecule has 0 fully saturated rings. The van der Waals surface area contributed by atoms with Crippen molar-refractivity contribution in [2.24, 2.45) is 0 Å². The van der Waals surface area contributed by atoms with Crippen molar-refractivity contribution in [2.75, 3.05) is 0 Å². The molecule has 8 heteroatoms. The van der Waals surface area contributed by atoms with Crippen LogP contribution in [0, 0.1) is 4.84 Å². The third kappa shape index (κ3) is 2.76. The molecule has 0 aliphatic rings. The predicted molar refractivity (Wildman–Crippen MR) is 69.8 cm³/mol. The van der Waals surface area contributed by atoms with E-state index in [-0.39, 0.29) is 40.7 Å². The van der Waals surface area contributed by atoms with Crippen molar-refractivity contribution >= 4 is 44.2 Å². The van der Waals surface area contributed by atoms with Gasteiger partial charge in [-0.2, -0.15) is 8.42 Å². The van der Waals surface area contributed by atoms with Gasteiger partial charge in [0.15, 0.2) is 5.58 Å². The summed E-state index contributed by atoms with van der Waals surface area (Å²) < 4.78 is 36.3. The molecule has 0 unspecified atom stereocenters. The van der Waals surface area contributed by atoms with Crippen LogP contribution in [0.15, 0.2) is 39.6 Å². The van der Waals surface area contributed by atoms with E-state index in [0.717, 1.165) is 10.9 Å². The van der Waals surface area contributed by atoms with Gasteiger partial charge in [0.25, 0.3) is 15.0 Å². The largest absolute Gasteiger partial charge is 1.00 e. The fourth-order valence-corrected chi connectivity index (χ4v) is 2.55. The number of fused-ring (bicyclic) bond motifs is 2. The van der Waals surface area contributed by atoms with Crippen LogP contribution in [-0.4, -0.2) is 18.0 Å². The molecule has 2 aromatic carbocycles. The van der Waals surface area contributed by atoms with Crippen LogP contribution >= 0.6 is 12.2 Å². The summed E-state index contributed by atoms with van der Waals surface area (Å²) in [6, 6.07) is 7.82. The van der Waals surface area contributed by atoms with Crippen LogP contribution in [0.4, 0.5) is 0 Å². The molecular weight excluding hydrogens is 297 g/mol. The second-order valence-corrected chi connectivity index (χ2v) is 5.64. The standard InChI is InChI=1S/C11H7NO4S2.Na.H/c13-18(14,15)8-2-1-6-4-9-10(5-7(6)3-8)16-11(17)12-9;;/h1-5H,(H,12,17)(H,13,14,15);;/q;+1;-1. The van der Waals surface area contributed by atoms with Crippen molar-refractivity contribution in [1.29, 1.82) is 0 Å². The first-order valence-electron chi connectivity index (χ1n) is 4.98. The van der Waals surface area contributed by atoms with Crippen molar-refractivity contribution in [3.63, 3.8) is 0 Å². The molecule has 0 spiro atoms. The zero-order valence-corrected chi connectivity index (χ0v) is 13.5. The van der Waals surface area contributed by atoms with E-state index in [0.29, 0.717) is 11.0 Å². The fourth-order valence-electron chi connectivity index (χ4n) is 1.83. The van der Waals surface area contributed by atoms with Gasteiger partial charge >= 0.3 is 29.6 Å². The number of H-pyrrole nitrogens is 1. The molecule has 94 valence electrons. The second-order valence-electron chi connectivity index (χ2n) is 3.85. The van der Waals surface area contributed by atoms with Crippen LogP contribution in [0.3, 0.4) is 0 Å². The molecule has 1 heterocycles. The Morgan fingerprint density at radius 1 is 1.21 bits per heavy atom. The molecular formula is C11H8NNaO4S2.